The van der Waals surface area contributed by atoms with Crippen LogP contribution in [0.4, 0.5) is 14.5 Å². The Morgan fingerprint density at radius 1 is 1.07 bits per heavy atom. The lowest BCUT2D eigenvalue weighted by Crippen LogP contribution is -2.42. The van der Waals surface area contributed by atoms with Gasteiger partial charge in [-0.1, -0.05) is 6.07 Å². The molecule has 0 bridgehead atoms. The monoisotopic (exact) mass is 379 g/mol. The summed E-state index contributed by atoms with van der Waals surface area (Å²) in [6, 6.07) is 15.5. The van der Waals surface area contributed by atoms with E-state index >= 15 is 0 Å². The van der Waals surface area contributed by atoms with Gasteiger partial charge in [-0.15, -0.1) is 0 Å². The molecule has 3 aromatic rings. The average Bonchev–Trinajstić information content (AvgIpc) is 2.72. The largest absolute Gasteiger partial charge is 0.330 e. The van der Waals surface area contributed by atoms with Gasteiger partial charge in [-0.3, -0.25) is 4.79 Å². The van der Waals surface area contributed by atoms with Crippen molar-refractivity contribution in [2.75, 3.05) is 18.0 Å². The molecule has 0 saturated heterocycles. The summed E-state index contributed by atoms with van der Waals surface area (Å²) >= 11 is 0. The Labute approximate surface area is 161 Å². The number of aromatic nitrogens is 1. The van der Waals surface area contributed by atoms with Gasteiger partial charge in [0.15, 0.2) is 0 Å². The minimum absolute atomic E-state index is 0.0542. The number of pyridine rings is 1. The molecule has 0 saturated carbocycles. The molecular weight excluding hydrogens is 360 g/mol. The van der Waals surface area contributed by atoms with Gasteiger partial charge in [-0.2, -0.15) is 0 Å². The first-order valence-corrected chi connectivity index (χ1v) is 9.08. The second-order valence-corrected chi connectivity index (χ2v) is 6.91. The number of amides is 1. The molecule has 2 aromatic carbocycles. The van der Waals surface area contributed by atoms with E-state index in [4.69, 9.17) is 5.73 Å². The molecule has 0 spiro atoms. The average molecular weight is 379 g/mol. The predicted octanol–water partition coefficient (Wildman–Crippen LogP) is 3.80. The Morgan fingerprint density at radius 3 is 2.57 bits per heavy atom. The van der Waals surface area contributed by atoms with Crippen molar-refractivity contribution >= 4 is 11.6 Å². The highest BCUT2D eigenvalue weighted by Gasteiger charge is 2.29. The number of nitrogens with two attached hydrogens (primary N) is 1. The fraction of sp³-hybridized carbons (Fsp3) is 0.182. The van der Waals surface area contributed by atoms with Crippen molar-refractivity contribution in [1.82, 2.24) is 4.98 Å². The Morgan fingerprint density at radius 2 is 1.82 bits per heavy atom. The van der Waals surface area contributed by atoms with E-state index in [-0.39, 0.29) is 29.2 Å². The molecule has 1 unspecified atom stereocenters. The summed E-state index contributed by atoms with van der Waals surface area (Å²) in [5.41, 5.74) is 8.86. The molecule has 6 heteroatoms. The van der Waals surface area contributed by atoms with E-state index in [0.717, 1.165) is 11.1 Å². The molecule has 4 nitrogen and oxygen atoms in total. The number of rotatable bonds is 3. The molecule has 0 fully saturated rings. The highest BCUT2D eigenvalue weighted by molar-refractivity contribution is 6.05. The van der Waals surface area contributed by atoms with Crippen molar-refractivity contribution in [1.29, 1.82) is 0 Å². The van der Waals surface area contributed by atoms with E-state index in [1.165, 1.54) is 24.3 Å². The van der Waals surface area contributed by atoms with Gasteiger partial charge in [0.05, 0.1) is 5.69 Å². The van der Waals surface area contributed by atoms with Crippen LogP contribution < -0.4 is 10.6 Å². The third-order valence-corrected chi connectivity index (χ3v) is 4.97. The van der Waals surface area contributed by atoms with E-state index in [1.807, 2.05) is 0 Å². The van der Waals surface area contributed by atoms with Crippen LogP contribution in [0.1, 0.15) is 16.1 Å². The summed E-state index contributed by atoms with van der Waals surface area (Å²) in [6.07, 6.45) is 0.635. The van der Waals surface area contributed by atoms with E-state index in [2.05, 4.69) is 4.98 Å². The fourth-order valence-electron chi connectivity index (χ4n) is 3.54. The number of nitrogens with zero attached hydrogens (tertiary/aromatic N) is 2. The topological polar surface area (TPSA) is 59.2 Å². The molecule has 4 rings (SSSR count). The molecule has 0 aliphatic carbocycles. The smallest absolute Gasteiger partial charge is 0.276 e. The van der Waals surface area contributed by atoms with Crippen molar-refractivity contribution in [2.24, 2.45) is 11.7 Å². The number of benzene rings is 2. The van der Waals surface area contributed by atoms with Crippen molar-refractivity contribution < 1.29 is 13.6 Å². The molecule has 1 aliphatic heterocycles. The highest BCUT2D eigenvalue weighted by atomic mass is 19.1. The van der Waals surface area contributed by atoms with Gasteiger partial charge >= 0.3 is 0 Å². The standard InChI is InChI=1S/C22H19F2N3O/c23-17-6-4-15(5-7-17)19-2-1-3-20(26-19)22(28)27-13-14(12-25)10-16-11-18(24)8-9-21(16)27/h1-9,11,14H,10,12-13,25H2. The Hall–Kier alpha value is -3.12. The second kappa shape index (κ2) is 7.48. The first kappa shape index (κ1) is 18.3. The SMILES string of the molecule is NCC1Cc2cc(F)ccc2N(C(=O)c2cccc(-c3ccc(F)cc3)n2)C1. The van der Waals surface area contributed by atoms with Gasteiger partial charge in [0.2, 0.25) is 0 Å². The summed E-state index contributed by atoms with van der Waals surface area (Å²) in [7, 11) is 0. The summed E-state index contributed by atoms with van der Waals surface area (Å²) in [4.78, 5) is 19.3. The van der Waals surface area contributed by atoms with Gasteiger partial charge in [-0.25, -0.2) is 13.8 Å². The predicted molar refractivity (Wildman–Crippen MR) is 104 cm³/mol. The van der Waals surface area contributed by atoms with E-state index in [1.54, 1.807) is 41.3 Å². The van der Waals surface area contributed by atoms with Crippen LogP contribution in [0.5, 0.6) is 0 Å². The molecule has 1 aliphatic rings. The summed E-state index contributed by atoms with van der Waals surface area (Å²) < 4.78 is 26.8. The maximum atomic E-state index is 13.7. The number of hydrogen-bond acceptors (Lipinski definition) is 3. The van der Waals surface area contributed by atoms with Gasteiger partial charge in [0.1, 0.15) is 17.3 Å². The maximum Gasteiger partial charge on any atom is 0.276 e. The van der Waals surface area contributed by atoms with Gasteiger partial charge in [0.25, 0.3) is 5.91 Å². The minimum Gasteiger partial charge on any atom is -0.330 e. The van der Waals surface area contributed by atoms with Crippen molar-refractivity contribution in [3.8, 4) is 11.3 Å². The zero-order valence-electron chi connectivity index (χ0n) is 15.1. The number of anilines is 1. The number of halogens is 2. The number of fused-ring (bicyclic) bond motifs is 1. The van der Waals surface area contributed by atoms with E-state index in [0.29, 0.717) is 30.9 Å². The van der Waals surface area contributed by atoms with Gasteiger partial charge in [-0.05, 0) is 79.0 Å². The van der Waals surface area contributed by atoms with Crippen LogP contribution in [0.2, 0.25) is 0 Å². The molecule has 1 aromatic heterocycles. The number of carbonyl (C=O) groups excluding carboxylic acids is 1. The second-order valence-electron chi connectivity index (χ2n) is 6.91. The van der Waals surface area contributed by atoms with Crippen LogP contribution in [0.15, 0.2) is 60.7 Å². The van der Waals surface area contributed by atoms with Gasteiger partial charge in [0, 0.05) is 17.8 Å². The molecule has 142 valence electrons. The van der Waals surface area contributed by atoms with E-state index in [9.17, 15) is 13.6 Å². The van der Waals surface area contributed by atoms with Crippen molar-refractivity contribution in [3.63, 3.8) is 0 Å². The quantitative estimate of drug-likeness (QED) is 0.753. The van der Waals surface area contributed by atoms with Crippen LogP contribution in [-0.2, 0) is 6.42 Å². The fourth-order valence-corrected chi connectivity index (χ4v) is 3.54. The molecule has 28 heavy (non-hydrogen) atoms. The highest BCUT2D eigenvalue weighted by Crippen LogP contribution is 2.31. The van der Waals surface area contributed by atoms with Crippen molar-refractivity contribution in [3.05, 3.63) is 83.6 Å². The first-order valence-electron chi connectivity index (χ1n) is 9.08. The molecule has 1 atom stereocenters. The number of carbonyl (C=O) groups is 1. The van der Waals surface area contributed by atoms with Gasteiger partial charge < -0.3 is 10.6 Å². The van der Waals surface area contributed by atoms with Crippen LogP contribution in [0.25, 0.3) is 11.3 Å². The van der Waals surface area contributed by atoms with Crippen LogP contribution >= 0.6 is 0 Å². The number of hydrogen-bond donors (Lipinski definition) is 1. The summed E-state index contributed by atoms with van der Waals surface area (Å²) in [6.45, 7) is 0.860. The van der Waals surface area contributed by atoms with E-state index < -0.39 is 0 Å². The summed E-state index contributed by atoms with van der Waals surface area (Å²) in [5, 5.41) is 0. The summed E-state index contributed by atoms with van der Waals surface area (Å²) in [5.74, 6) is -0.880. The zero-order valence-corrected chi connectivity index (χ0v) is 15.1. The molecule has 0 radical (unpaired) electrons. The first-order chi connectivity index (χ1) is 13.5. The lowest BCUT2D eigenvalue weighted by atomic mass is 9.92. The van der Waals surface area contributed by atoms with Crippen molar-refractivity contribution in [2.45, 2.75) is 6.42 Å². The lowest BCUT2D eigenvalue weighted by molar-refractivity contribution is 0.0976. The Kier molecular flexibility index (Phi) is 4.88. The molecule has 2 heterocycles. The normalized spacial score (nSPS) is 16.0. The zero-order chi connectivity index (χ0) is 19.7. The molecular formula is C22H19F2N3O. The Balaban J connectivity index is 1.70. The molecule has 2 N–H and O–H groups in total. The maximum absolute atomic E-state index is 13.7. The third kappa shape index (κ3) is 3.51. The lowest BCUT2D eigenvalue weighted by Gasteiger charge is -2.34. The minimum atomic E-state index is -0.333. The third-order valence-electron chi connectivity index (χ3n) is 4.97. The van der Waals surface area contributed by atoms with Crippen LogP contribution in [-0.4, -0.2) is 24.0 Å². The van der Waals surface area contributed by atoms with Crippen LogP contribution in [0, 0.1) is 17.6 Å². The Bertz CT molecular complexity index is 1020. The van der Waals surface area contributed by atoms with Crippen LogP contribution in [0.3, 0.4) is 0 Å². The molecule has 1 amide bonds.